The second kappa shape index (κ2) is 4.43. The van der Waals surface area contributed by atoms with Gasteiger partial charge >= 0.3 is 0 Å². The summed E-state index contributed by atoms with van der Waals surface area (Å²) in [4.78, 5) is 17.3. The Morgan fingerprint density at radius 1 is 1.64 bits per heavy atom. The zero-order chi connectivity index (χ0) is 10.7. The molecule has 0 bridgehead atoms. The number of nitrogens with two attached hydrogens (primary N) is 1. The van der Waals surface area contributed by atoms with Gasteiger partial charge in [0.2, 0.25) is 0 Å². The first-order chi connectivity index (χ1) is 6.52. The molecule has 0 unspecified atom stereocenters. The van der Waals surface area contributed by atoms with Gasteiger partial charge < -0.3 is 10.6 Å². The first-order valence-corrected chi connectivity index (χ1v) is 4.55. The highest BCUT2D eigenvalue weighted by molar-refractivity contribution is 6.31. The third kappa shape index (κ3) is 2.46. The molecule has 1 aromatic heterocycles. The van der Waals surface area contributed by atoms with Crippen LogP contribution in [0, 0.1) is 0 Å². The number of nitrogen functional groups attached to an aromatic ring is 1. The quantitative estimate of drug-likeness (QED) is 0.725. The van der Waals surface area contributed by atoms with Crippen molar-refractivity contribution in [2.24, 2.45) is 0 Å². The molecule has 0 aromatic carbocycles. The van der Waals surface area contributed by atoms with Crippen molar-refractivity contribution in [3.8, 4) is 0 Å². The van der Waals surface area contributed by atoms with Crippen LogP contribution in [0.2, 0.25) is 5.15 Å². The molecule has 0 saturated carbocycles. The molecule has 0 saturated heterocycles. The maximum atomic E-state index is 11.5. The summed E-state index contributed by atoms with van der Waals surface area (Å²) in [5.74, 6) is 0. The van der Waals surface area contributed by atoms with E-state index in [1.807, 2.05) is 19.0 Å². The van der Waals surface area contributed by atoms with E-state index in [1.54, 1.807) is 0 Å². The third-order valence-electron chi connectivity index (χ3n) is 1.81. The van der Waals surface area contributed by atoms with Gasteiger partial charge in [-0.3, -0.25) is 9.36 Å². The van der Waals surface area contributed by atoms with Crippen molar-refractivity contribution in [1.29, 1.82) is 0 Å². The van der Waals surface area contributed by atoms with Crippen molar-refractivity contribution in [1.82, 2.24) is 14.5 Å². The van der Waals surface area contributed by atoms with Crippen LogP contribution in [0.4, 0.5) is 5.69 Å². The summed E-state index contributed by atoms with van der Waals surface area (Å²) in [6.45, 7) is 1.31. The molecule has 14 heavy (non-hydrogen) atoms. The van der Waals surface area contributed by atoms with Crippen LogP contribution in [0.15, 0.2) is 11.1 Å². The number of nitrogens with zero attached hydrogens (tertiary/aromatic N) is 3. The summed E-state index contributed by atoms with van der Waals surface area (Å²) in [5, 5.41) is 0.0658. The maximum absolute atomic E-state index is 11.5. The Kier molecular flexibility index (Phi) is 3.49. The normalized spacial score (nSPS) is 10.9. The van der Waals surface area contributed by atoms with Crippen LogP contribution >= 0.6 is 11.6 Å². The Morgan fingerprint density at radius 3 is 2.86 bits per heavy atom. The highest BCUT2D eigenvalue weighted by Gasteiger charge is 2.05. The molecule has 0 atom stereocenters. The number of aromatic nitrogens is 2. The van der Waals surface area contributed by atoms with Crippen LogP contribution < -0.4 is 11.3 Å². The van der Waals surface area contributed by atoms with Gasteiger partial charge in [-0.05, 0) is 14.1 Å². The average Bonchev–Trinajstić information content (AvgIpc) is 2.13. The van der Waals surface area contributed by atoms with Crippen molar-refractivity contribution in [2.75, 3.05) is 26.4 Å². The van der Waals surface area contributed by atoms with Gasteiger partial charge in [-0.15, -0.1) is 0 Å². The number of rotatable bonds is 3. The van der Waals surface area contributed by atoms with Crippen molar-refractivity contribution in [3.05, 3.63) is 21.8 Å². The van der Waals surface area contributed by atoms with Gasteiger partial charge in [0.15, 0.2) is 5.15 Å². The number of halogens is 1. The Labute approximate surface area is 87.1 Å². The molecule has 78 valence electrons. The van der Waals surface area contributed by atoms with E-state index in [1.165, 1.54) is 10.9 Å². The lowest BCUT2D eigenvalue weighted by molar-refractivity contribution is 0.380. The van der Waals surface area contributed by atoms with Crippen LogP contribution in [0.1, 0.15) is 0 Å². The zero-order valence-electron chi connectivity index (χ0n) is 8.20. The van der Waals surface area contributed by atoms with Crippen LogP contribution in [0.5, 0.6) is 0 Å². The molecule has 2 N–H and O–H groups in total. The summed E-state index contributed by atoms with van der Waals surface area (Å²) in [6, 6.07) is 0. The molecule has 0 spiro atoms. The molecule has 0 amide bonds. The molecular formula is C8H13ClN4O. The number of anilines is 1. The van der Waals surface area contributed by atoms with Gasteiger partial charge in [0, 0.05) is 13.1 Å². The second-order valence-electron chi connectivity index (χ2n) is 3.25. The van der Waals surface area contributed by atoms with Gasteiger partial charge in [-0.1, -0.05) is 11.6 Å². The van der Waals surface area contributed by atoms with E-state index in [0.29, 0.717) is 6.54 Å². The topological polar surface area (TPSA) is 64.2 Å². The smallest absolute Gasteiger partial charge is 0.278 e. The fraction of sp³-hybridized carbons (Fsp3) is 0.500. The minimum Gasteiger partial charge on any atom is -0.392 e. The summed E-state index contributed by atoms with van der Waals surface area (Å²) in [5.41, 5.74) is 5.17. The van der Waals surface area contributed by atoms with Crippen LogP contribution in [-0.2, 0) is 6.54 Å². The molecule has 0 aliphatic carbocycles. The summed E-state index contributed by atoms with van der Waals surface area (Å²) in [6.07, 6.45) is 1.41. The second-order valence-corrected chi connectivity index (χ2v) is 3.61. The summed E-state index contributed by atoms with van der Waals surface area (Å²) in [7, 11) is 3.86. The molecule has 5 nitrogen and oxygen atoms in total. The molecule has 0 fully saturated rings. The summed E-state index contributed by atoms with van der Waals surface area (Å²) >= 11 is 5.59. The van der Waals surface area contributed by atoms with Crippen molar-refractivity contribution >= 4 is 17.3 Å². The van der Waals surface area contributed by atoms with Crippen LogP contribution in [-0.4, -0.2) is 35.1 Å². The number of likely N-dealkylation sites (N-methyl/N-ethyl adjacent to an activating group) is 1. The van der Waals surface area contributed by atoms with Gasteiger partial charge in [0.05, 0.1) is 6.33 Å². The predicted octanol–water partition coefficient (Wildman–Crippen LogP) is 0.0405. The van der Waals surface area contributed by atoms with E-state index in [4.69, 9.17) is 17.3 Å². The monoisotopic (exact) mass is 216 g/mol. The largest absolute Gasteiger partial charge is 0.392 e. The maximum Gasteiger partial charge on any atom is 0.278 e. The van der Waals surface area contributed by atoms with Crippen LogP contribution in [0.25, 0.3) is 0 Å². The average molecular weight is 217 g/mol. The van der Waals surface area contributed by atoms with E-state index < -0.39 is 0 Å². The highest BCUT2D eigenvalue weighted by Crippen LogP contribution is 2.07. The Hall–Kier alpha value is -1.07. The van der Waals surface area contributed by atoms with Gasteiger partial charge in [-0.25, -0.2) is 4.98 Å². The summed E-state index contributed by atoms with van der Waals surface area (Å²) < 4.78 is 1.45. The van der Waals surface area contributed by atoms with E-state index in [-0.39, 0.29) is 16.4 Å². The lowest BCUT2D eigenvalue weighted by atomic mass is 10.5. The molecule has 0 radical (unpaired) electrons. The minimum atomic E-state index is -0.285. The van der Waals surface area contributed by atoms with Crippen LogP contribution in [0.3, 0.4) is 0 Å². The fourth-order valence-corrected chi connectivity index (χ4v) is 1.08. The molecule has 0 aliphatic heterocycles. The first kappa shape index (κ1) is 11.0. The van der Waals surface area contributed by atoms with Crippen molar-refractivity contribution in [2.45, 2.75) is 6.54 Å². The van der Waals surface area contributed by atoms with Gasteiger partial charge in [0.25, 0.3) is 5.56 Å². The Balaban J connectivity index is 2.89. The fourth-order valence-electron chi connectivity index (χ4n) is 0.952. The molecule has 1 rings (SSSR count). The number of hydrogen-bond donors (Lipinski definition) is 1. The van der Waals surface area contributed by atoms with Crippen molar-refractivity contribution < 1.29 is 0 Å². The third-order valence-corrected chi connectivity index (χ3v) is 2.11. The first-order valence-electron chi connectivity index (χ1n) is 4.17. The minimum absolute atomic E-state index is 0.00734. The Morgan fingerprint density at radius 2 is 2.29 bits per heavy atom. The molecule has 0 aliphatic rings. The number of hydrogen-bond acceptors (Lipinski definition) is 4. The van der Waals surface area contributed by atoms with E-state index in [2.05, 4.69) is 4.98 Å². The molecule has 1 aromatic rings. The molecule has 6 heteroatoms. The zero-order valence-corrected chi connectivity index (χ0v) is 8.95. The van der Waals surface area contributed by atoms with E-state index in [0.717, 1.165) is 6.54 Å². The molecule has 1 heterocycles. The Bertz CT molecular complexity index is 374. The van der Waals surface area contributed by atoms with Crippen molar-refractivity contribution in [3.63, 3.8) is 0 Å². The molecular weight excluding hydrogens is 204 g/mol. The standard InChI is InChI=1S/C8H13ClN4O/c1-12(2)3-4-13-5-11-7(9)6(10)8(13)14/h5H,3-4,10H2,1-2H3. The highest BCUT2D eigenvalue weighted by atomic mass is 35.5. The SMILES string of the molecule is CN(C)CCn1cnc(Cl)c(N)c1=O. The van der Waals surface area contributed by atoms with Gasteiger partial charge in [0.1, 0.15) is 5.69 Å². The predicted molar refractivity (Wildman–Crippen MR) is 56.5 cm³/mol. The lowest BCUT2D eigenvalue weighted by Crippen LogP contribution is -2.28. The van der Waals surface area contributed by atoms with Gasteiger partial charge in [-0.2, -0.15) is 0 Å². The lowest BCUT2D eigenvalue weighted by Gasteiger charge is -2.11. The van der Waals surface area contributed by atoms with E-state index in [9.17, 15) is 4.79 Å². The van der Waals surface area contributed by atoms with E-state index >= 15 is 0 Å².